The molecule has 4 rings (SSSR count). The summed E-state index contributed by atoms with van der Waals surface area (Å²) in [6, 6.07) is -0.947. The third-order valence-corrected chi connectivity index (χ3v) is 11.9. The summed E-state index contributed by atoms with van der Waals surface area (Å²) in [6.07, 6.45) is 1.93. The first-order valence-corrected chi connectivity index (χ1v) is 15.4. The highest BCUT2D eigenvalue weighted by Crippen LogP contribution is 2.49. The zero-order chi connectivity index (χ0) is 26.8. The predicted molar refractivity (Wildman–Crippen MR) is 140 cm³/mol. The van der Waals surface area contributed by atoms with E-state index in [2.05, 4.69) is 48.8 Å². The highest BCUT2D eigenvalue weighted by Gasteiger charge is 2.61. The number of amides is 1. The second-order valence-electron chi connectivity index (χ2n) is 12.8. The highest BCUT2D eigenvalue weighted by atomic mass is 28.4. The molecule has 2 fully saturated rings. The summed E-state index contributed by atoms with van der Waals surface area (Å²) in [7, 11) is -2.12. The molecule has 2 aromatic rings. The van der Waals surface area contributed by atoms with E-state index in [1.807, 2.05) is 40.8 Å². The maximum absolute atomic E-state index is 13.8. The van der Waals surface area contributed by atoms with E-state index in [9.17, 15) is 4.79 Å². The molecule has 0 spiro atoms. The van der Waals surface area contributed by atoms with Gasteiger partial charge in [0, 0.05) is 11.8 Å². The number of carbonyl (C=O) groups is 1. The molecule has 0 aliphatic carbocycles. The van der Waals surface area contributed by atoms with Crippen LogP contribution in [0.4, 0.5) is 10.6 Å². The topological polar surface area (TPSA) is 125 Å². The fraction of sp³-hybridized carbons (Fsp3) is 0.720. The largest absolute Gasteiger partial charge is 0.444 e. The van der Waals surface area contributed by atoms with Gasteiger partial charge in [-0.1, -0.05) is 20.8 Å². The molecule has 2 aliphatic heterocycles. The molecule has 0 bridgehead atoms. The number of ether oxygens (including phenoxy) is 3. The number of aromatic amines is 1. The van der Waals surface area contributed by atoms with Crippen LogP contribution in [0.5, 0.6) is 0 Å². The van der Waals surface area contributed by atoms with Crippen molar-refractivity contribution in [1.29, 1.82) is 0 Å². The van der Waals surface area contributed by atoms with Gasteiger partial charge >= 0.3 is 6.09 Å². The van der Waals surface area contributed by atoms with E-state index >= 15 is 0 Å². The van der Waals surface area contributed by atoms with Crippen LogP contribution >= 0.6 is 0 Å². The van der Waals surface area contributed by atoms with Gasteiger partial charge in [0.2, 0.25) is 0 Å². The second-order valence-corrected chi connectivity index (χ2v) is 17.6. The third-order valence-electron chi connectivity index (χ3n) is 7.38. The van der Waals surface area contributed by atoms with Gasteiger partial charge in [-0.2, -0.15) is 0 Å². The quantitative estimate of drug-likeness (QED) is 0.555. The number of anilines is 1. The van der Waals surface area contributed by atoms with Gasteiger partial charge in [-0.05, 0) is 52.8 Å². The first-order valence-electron chi connectivity index (χ1n) is 12.5. The molecule has 0 unspecified atom stereocenters. The predicted octanol–water partition coefficient (Wildman–Crippen LogP) is 4.74. The SMILES string of the molecule is CC(C)(C)OC(=O)N1[C@H](CO[Si](C)(C)C(C)(C)C)[C@H]2OC(C)(C)O[C@H]2[C@@H]1c1c[nH]c2c(N)ncnc12. The summed E-state index contributed by atoms with van der Waals surface area (Å²) in [5, 5.41) is 0.0126. The first kappa shape index (κ1) is 26.8. The van der Waals surface area contributed by atoms with E-state index in [0.29, 0.717) is 23.5 Å². The van der Waals surface area contributed by atoms with Crippen LogP contribution in [0, 0.1) is 0 Å². The minimum absolute atomic E-state index is 0.0126. The molecule has 0 radical (unpaired) electrons. The number of nitrogen functional groups attached to an aromatic ring is 1. The molecule has 4 heterocycles. The monoisotopic (exact) mass is 519 g/mol. The third kappa shape index (κ3) is 4.85. The number of rotatable bonds is 4. The number of hydrogen-bond acceptors (Lipinski definition) is 8. The van der Waals surface area contributed by atoms with Gasteiger partial charge < -0.3 is 29.4 Å². The molecule has 2 aromatic heterocycles. The molecule has 200 valence electrons. The summed E-state index contributed by atoms with van der Waals surface area (Å²) in [5.74, 6) is -0.477. The van der Waals surface area contributed by atoms with E-state index in [1.54, 1.807) is 4.90 Å². The number of aromatic nitrogens is 3. The Bertz CT molecular complexity index is 1140. The standard InChI is InChI=1S/C25H41N5O5Si/c1-23(2,3)35-22(31)30-15(12-32-36(9,10)24(4,5)6)19-20(34-25(7,8)33-19)18(30)14-11-27-17-16(14)28-13-29-21(17)26/h11,13,15,18-20,27H,12H2,1-10H3,(H2,26,28,29)/t15-,18+,19-,20+/m1/s1. The number of fused-ring (bicyclic) bond motifs is 2. The number of carbonyl (C=O) groups excluding carboxylic acids is 1. The van der Waals surface area contributed by atoms with Crippen LogP contribution in [0.1, 0.15) is 67.0 Å². The van der Waals surface area contributed by atoms with Crippen LogP contribution in [0.15, 0.2) is 12.5 Å². The molecule has 0 aromatic carbocycles. The Hall–Kier alpha value is -2.21. The molecule has 11 heteroatoms. The van der Waals surface area contributed by atoms with Gasteiger partial charge in [-0.3, -0.25) is 4.90 Å². The van der Waals surface area contributed by atoms with Crippen molar-refractivity contribution in [1.82, 2.24) is 19.9 Å². The van der Waals surface area contributed by atoms with Crippen LogP contribution in [0.3, 0.4) is 0 Å². The smallest absolute Gasteiger partial charge is 0.411 e. The van der Waals surface area contributed by atoms with Crippen LogP contribution in [-0.4, -0.2) is 70.5 Å². The molecule has 3 N–H and O–H groups in total. The Labute approximate surface area is 214 Å². The number of H-pyrrole nitrogens is 1. The fourth-order valence-electron chi connectivity index (χ4n) is 4.66. The van der Waals surface area contributed by atoms with Crippen molar-refractivity contribution in [3.63, 3.8) is 0 Å². The number of likely N-dealkylation sites (tertiary alicyclic amines) is 1. The Morgan fingerprint density at radius 3 is 2.42 bits per heavy atom. The van der Waals surface area contributed by atoms with Gasteiger partial charge in [-0.15, -0.1) is 0 Å². The van der Waals surface area contributed by atoms with Crippen molar-refractivity contribution in [2.45, 2.75) is 109 Å². The maximum atomic E-state index is 13.8. The van der Waals surface area contributed by atoms with Gasteiger partial charge in [0.05, 0.1) is 24.2 Å². The van der Waals surface area contributed by atoms with E-state index in [4.69, 9.17) is 24.4 Å². The summed E-state index contributed by atoms with van der Waals surface area (Å²) >= 11 is 0. The summed E-state index contributed by atoms with van der Waals surface area (Å²) in [5.41, 5.74) is 7.45. The molecule has 4 atom stereocenters. The normalized spacial score (nSPS) is 26.4. The fourth-order valence-corrected chi connectivity index (χ4v) is 5.68. The van der Waals surface area contributed by atoms with E-state index in [1.165, 1.54) is 6.33 Å². The number of nitrogens with two attached hydrogens (primary N) is 1. The van der Waals surface area contributed by atoms with Crippen LogP contribution < -0.4 is 5.73 Å². The van der Waals surface area contributed by atoms with Crippen molar-refractivity contribution in [2.24, 2.45) is 0 Å². The molecule has 1 amide bonds. The van der Waals surface area contributed by atoms with Crippen molar-refractivity contribution in [3.05, 3.63) is 18.1 Å². The minimum Gasteiger partial charge on any atom is -0.444 e. The highest BCUT2D eigenvalue weighted by molar-refractivity contribution is 6.74. The van der Waals surface area contributed by atoms with Gasteiger partial charge in [-0.25, -0.2) is 14.8 Å². The summed E-state index contributed by atoms with van der Waals surface area (Å²) in [6.45, 7) is 20.6. The summed E-state index contributed by atoms with van der Waals surface area (Å²) < 4.78 is 25.4. The Kier molecular flexibility index (Phi) is 6.47. The average Bonchev–Trinajstić information content (AvgIpc) is 3.34. The zero-order valence-corrected chi connectivity index (χ0v) is 24.1. The number of nitrogens with one attached hydrogen (secondary N) is 1. The Morgan fingerprint density at radius 2 is 1.81 bits per heavy atom. The Balaban J connectivity index is 1.81. The lowest BCUT2D eigenvalue weighted by Crippen LogP contribution is -2.50. The van der Waals surface area contributed by atoms with Crippen molar-refractivity contribution < 1.29 is 23.4 Å². The van der Waals surface area contributed by atoms with Crippen LogP contribution in [-0.2, 0) is 18.6 Å². The van der Waals surface area contributed by atoms with E-state index in [0.717, 1.165) is 5.56 Å². The number of nitrogens with zero attached hydrogens (tertiary/aromatic N) is 3. The summed E-state index contributed by atoms with van der Waals surface area (Å²) in [4.78, 5) is 27.3. The Morgan fingerprint density at radius 1 is 1.17 bits per heavy atom. The van der Waals surface area contributed by atoms with Crippen molar-refractivity contribution in [2.75, 3.05) is 12.3 Å². The molecule has 2 saturated heterocycles. The lowest BCUT2D eigenvalue weighted by Gasteiger charge is -2.39. The van der Waals surface area contributed by atoms with Crippen LogP contribution in [0.2, 0.25) is 18.1 Å². The second kappa shape index (κ2) is 8.68. The molecule has 10 nitrogen and oxygen atoms in total. The van der Waals surface area contributed by atoms with Crippen LogP contribution in [0.25, 0.3) is 11.0 Å². The lowest BCUT2D eigenvalue weighted by molar-refractivity contribution is -0.168. The molecular weight excluding hydrogens is 478 g/mol. The minimum atomic E-state index is -2.12. The zero-order valence-electron chi connectivity index (χ0n) is 23.1. The van der Waals surface area contributed by atoms with Gasteiger partial charge in [0.25, 0.3) is 0 Å². The molecule has 0 saturated carbocycles. The maximum Gasteiger partial charge on any atom is 0.411 e. The van der Waals surface area contributed by atoms with E-state index < -0.39 is 50.1 Å². The molecule has 36 heavy (non-hydrogen) atoms. The van der Waals surface area contributed by atoms with Crippen molar-refractivity contribution >= 4 is 31.3 Å². The lowest BCUT2D eigenvalue weighted by atomic mass is 10.0. The molecular formula is C25H41N5O5Si. The van der Waals surface area contributed by atoms with Crippen molar-refractivity contribution in [3.8, 4) is 0 Å². The first-order chi connectivity index (χ1) is 16.4. The van der Waals surface area contributed by atoms with Gasteiger partial charge in [0.1, 0.15) is 29.7 Å². The number of hydrogen-bond donors (Lipinski definition) is 2. The molecule has 2 aliphatic rings. The van der Waals surface area contributed by atoms with E-state index in [-0.39, 0.29) is 5.04 Å². The van der Waals surface area contributed by atoms with Gasteiger partial charge in [0.15, 0.2) is 19.9 Å². The average molecular weight is 520 g/mol.